The van der Waals surface area contributed by atoms with Crippen LogP contribution in [0.1, 0.15) is 50.2 Å². The zero-order valence-corrected chi connectivity index (χ0v) is 18.0. The van der Waals surface area contributed by atoms with Gasteiger partial charge in [0.15, 0.2) is 6.04 Å². The quantitative estimate of drug-likeness (QED) is 0.569. The van der Waals surface area contributed by atoms with Gasteiger partial charge in [-0.3, -0.25) is 4.79 Å². The molecule has 2 aromatic carbocycles. The monoisotopic (exact) mass is 425 g/mol. The van der Waals surface area contributed by atoms with Crippen molar-refractivity contribution in [1.82, 2.24) is 5.32 Å². The third kappa shape index (κ3) is 7.40. The van der Waals surface area contributed by atoms with Crippen LogP contribution in [0, 0.1) is 0 Å². The molecule has 0 heterocycles. The van der Waals surface area contributed by atoms with E-state index in [-0.39, 0.29) is 25.0 Å². The van der Waals surface area contributed by atoms with Crippen molar-refractivity contribution >= 4 is 11.9 Å². The van der Waals surface area contributed by atoms with Crippen LogP contribution < -0.4 is 10.1 Å². The number of amides is 1. The molecule has 6 heteroatoms. The number of esters is 1. The molecule has 1 aliphatic rings. The summed E-state index contributed by atoms with van der Waals surface area (Å²) >= 11 is 0. The fourth-order valence-electron chi connectivity index (χ4n) is 3.67. The number of aryl methyl sites for hydroxylation is 1. The lowest BCUT2D eigenvalue weighted by atomic mass is 10.1. The van der Waals surface area contributed by atoms with E-state index in [1.54, 1.807) is 0 Å². The van der Waals surface area contributed by atoms with Crippen molar-refractivity contribution < 1.29 is 24.2 Å². The first-order valence-electron chi connectivity index (χ1n) is 10.9. The minimum Gasteiger partial charge on any atom is -0.490 e. The van der Waals surface area contributed by atoms with E-state index >= 15 is 0 Å². The Morgan fingerprint density at radius 2 is 1.77 bits per heavy atom. The number of ether oxygens (including phenoxy) is 2. The van der Waals surface area contributed by atoms with Crippen LogP contribution in [0.25, 0.3) is 0 Å². The van der Waals surface area contributed by atoms with Gasteiger partial charge in [-0.2, -0.15) is 0 Å². The summed E-state index contributed by atoms with van der Waals surface area (Å²) in [7, 11) is 0. The molecule has 0 unspecified atom stereocenters. The second-order valence-electron chi connectivity index (χ2n) is 8.05. The van der Waals surface area contributed by atoms with Gasteiger partial charge in [0.25, 0.3) is 0 Å². The lowest BCUT2D eigenvalue weighted by molar-refractivity contribution is -0.152. The van der Waals surface area contributed by atoms with Crippen molar-refractivity contribution in [3.8, 4) is 5.75 Å². The number of benzene rings is 2. The van der Waals surface area contributed by atoms with E-state index in [2.05, 4.69) is 5.32 Å². The average Bonchev–Trinajstić information content (AvgIpc) is 3.28. The highest BCUT2D eigenvalue weighted by molar-refractivity contribution is 5.85. The van der Waals surface area contributed by atoms with E-state index in [1.807, 2.05) is 54.6 Å². The van der Waals surface area contributed by atoms with E-state index in [9.17, 15) is 14.7 Å². The number of carbonyl (C=O) groups is 2. The number of aliphatic hydroxyl groups is 1. The van der Waals surface area contributed by atoms with Gasteiger partial charge in [0.2, 0.25) is 5.91 Å². The smallest absolute Gasteiger partial charge is 0.331 e. The maximum absolute atomic E-state index is 12.4. The summed E-state index contributed by atoms with van der Waals surface area (Å²) in [6, 6.07) is 15.9. The van der Waals surface area contributed by atoms with E-state index in [0.717, 1.165) is 29.7 Å². The molecular weight excluding hydrogens is 394 g/mol. The third-order valence-corrected chi connectivity index (χ3v) is 5.42. The van der Waals surface area contributed by atoms with Crippen molar-refractivity contribution in [2.75, 3.05) is 0 Å². The lowest BCUT2D eigenvalue weighted by Crippen LogP contribution is -2.48. The maximum atomic E-state index is 12.4. The first-order chi connectivity index (χ1) is 15.0. The van der Waals surface area contributed by atoms with E-state index in [0.29, 0.717) is 6.42 Å². The second kappa shape index (κ2) is 11.5. The highest BCUT2D eigenvalue weighted by Crippen LogP contribution is 2.24. The first-order valence-corrected chi connectivity index (χ1v) is 10.9. The number of hydrogen-bond donors (Lipinski definition) is 2. The van der Waals surface area contributed by atoms with Gasteiger partial charge in [-0.1, -0.05) is 42.5 Å². The van der Waals surface area contributed by atoms with Crippen molar-refractivity contribution in [1.29, 1.82) is 0 Å². The van der Waals surface area contributed by atoms with E-state index in [1.165, 1.54) is 19.8 Å². The Hall–Kier alpha value is -2.86. The third-order valence-electron chi connectivity index (χ3n) is 5.42. The molecule has 1 amide bonds. The van der Waals surface area contributed by atoms with Crippen LogP contribution in [0.15, 0.2) is 54.6 Å². The largest absolute Gasteiger partial charge is 0.490 e. The summed E-state index contributed by atoms with van der Waals surface area (Å²) in [5.74, 6) is -0.139. The molecule has 0 saturated heterocycles. The zero-order chi connectivity index (χ0) is 22.1. The first kappa shape index (κ1) is 22.8. The van der Waals surface area contributed by atoms with Gasteiger partial charge in [0.05, 0.1) is 12.2 Å². The average molecular weight is 426 g/mol. The summed E-state index contributed by atoms with van der Waals surface area (Å²) < 4.78 is 11.3. The Labute approximate surface area is 183 Å². The van der Waals surface area contributed by atoms with Crippen LogP contribution in [-0.2, 0) is 27.4 Å². The van der Waals surface area contributed by atoms with E-state index < -0.39 is 18.1 Å². The minimum atomic E-state index is -1.10. The van der Waals surface area contributed by atoms with Crippen LogP contribution in [0.2, 0.25) is 0 Å². The molecule has 0 spiro atoms. The van der Waals surface area contributed by atoms with Gasteiger partial charge in [-0.25, -0.2) is 4.79 Å². The van der Waals surface area contributed by atoms with Gasteiger partial charge in [-0.15, -0.1) is 0 Å². The summed E-state index contributed by atoms with van der Waals surface area (Å²) in [6.45, 7) is 1.55. The summed E-state index contributed by atoms with van der Waals surface area (Å²) in [4.78, 5) is 24.8. The molecule has 1 saturated carbocycles. The molecule has 0 bridgehead atoms. The summed E-state index contributed by atoms with van der Waals surface area (Å²) in [5.41, 5.74) is 1.83. The van der Waals surface area contributed by atoms with Gasteiger partial charge in [0.1, 0.15) is 12.4 Å². The molecule has 1 aliphatic carbocycles. The van der Waals surface area contributed by atoms with Gasteiger partial charge < -0.3 is 19.9 Å². The molecule has 1 fully saturated rings. The van der Waals surface area contributed by atoms with Crippen LogP contribution >= 0.6 is 0 Å². The molecule has 31 heavy (non-hydrogen) atoms. The molecule has 3 rings (SSSR count). The highest BCUT2D eigenvalue weighted by Gasteiger charge is 2.27. The van der Waals surface area contributed by atoms with Gasteiger partial charge >= 0.3 is 5.97 Å². The SMILES string of the molecule is C[C@H](O)[C@H](NC(=O)CCc1cccc(OC2CCCC2)c1)C(=O)OCc1ccccc1. The van der Waals surface area contributed by atoms with Crippen LogP contribution in [0.4, 0.5) is 0 Å². The van der Waals surface area contributed by atoms with E-state index in [4.69, 9.17) is 9.47 Å². The standard InChI is InChI=1S/C25H31NO5/c1-18(27)24(25(29)30-17-20-8-3-2-4-9-20)26-23(28)15-14-19-10-7-13-22(16-19)31-21-11-5-6-12-21/h2-4,7-10,13,16,18,21,24,27H,5-6,11-12,14-15,17H2,1H3,(H,26,28)/t18-,24-/m0/s1. The predicted molar refractivity (Wildman–Crippen MR) is 117 cm³/mol. The van der Waals surface area contributed by atoms with Crippen LogP contribution in [0.3, 0.4) is 0 Å². The Bertz CT molecular complexity index is 846. The number of hydrogen-bond acceptors (Lipinski definition) is 5. The topological polar surface area (TPSA) is 84.9 Å². The Balaban J connectivity index is 1.47. The number of carbonyl (C=O) groups excluding carboxylic acids is 2. The molecular formula is C25H31NO5. The number of nitrogens with one attached hydrogen (secondary N) is 1. The molecule has 0 aliphatic heterocycles. The second-order valence-corrected chi connectivity index (χ2v) is 8.05. The van der Waals surface area contributed by atoms with Crippen molar-refractivity contribution in [2.45, 2.75) is 70.3 Å². The molecule has 166 valence electrons. The normalized spacial score (nSPS) is 15.8. The molecule has 6 nitrogen and oxygen atoms in total. The fraction of sp³-hybridized carbons (Fsp3) is 0.440. The molecule has 0 aromatic heterocycles. The molecule has 0 radical (unpaired) electrons. The van der Waals surface area contributed by atoms with Crippen molar-refractivity contribution in [3.05, 3.63) is 65.7 Å². The molecule has 2 aromatic rings. The molecule has 2 N–H and O–H groups in total. The van der Waals surface area contributed by atoms with Gasteiger partial charge in [0, 0.05) is 6.42 Å². The number of aliphatic hydroxyl groups excluding tert-OH is 1. The summed E-state index contributed by atoms with van der Waals surface area (Å²) in [5, 5.41) is 12.6. The maximum Gasteiger partial charge on any atom is 0.331 e. The van der Waals surface area contributed by atoms with Crippen molar-refractivity contribution in [3.63, 3.8) is 0 Å². The fourth-order valence-corrected chi connectivity index (χ4v) is 3.67. The predicted octanol–water partition coefficient (Wildman–Crippen LogP) is 3.55. The Morgan fingerprint density at radius 1 is 1.06 bits per heavy atom. The van der Waals surface area contributed by atoms with Crippen molar-refractivity contribution in [2.24, 2.45) is 0 Å². The zero-order valence-electron chi connectivity index (χ0n) is 18.0. The van der Waals surface area contributed by atoms with Gasteiger partial charge in [-0.05, 0) is 62.3 Å². The summed E-state index contributed by atoms with van der Waals surface area (Å²) in [6.07, 6.45) is 4.54. The lowest BCUT2D eigenvalue weighted by Gasteiger charge is -2.20. The van der Waals surface area contributed by atoms with Crippen LogP contribution in [0.5, 0.6) is 5.75 Å². The highest BCUT2D eigenvalue weighted by atomic mass is 16.5. The minimum absolute atomic E-state index is 0.0898. The Morgan fingerprint density at radius 3 is 2.48 bits per heavy atom. The Kier molecular flexibility index (Phi) is 8.47. The van der Waals surface area contributed by atoms with Crippen LogP contribution in [-0.4, -0.2) is 35.2 Å². The molecule has 2 atom stereocenters. The number of rotatable bonds is 10.